The lowest BCUT2D eigenvalue weighted by Crippen LogP contribution is -2.27. The summed E-state index contributed by atoms with van der Waals surface area (Å²) in [7, 11) is -1.59. The second-order valence-corrected chi connectivity index (χ2v) is 6.08. The molecule has 0 aliphatic carbocycles. The summed E-state index contributed by atoms with van der Waals surface area (Å²) in [5, 5.41) is 9.93. The van der Waals surface area contributed by atoms with Gasteiger partial charge in [-0.2, -0.15) is 4.68 Å². The predicted molar refractivity (Wildman–Crippen MR) is 95.2 cm³/mol. The molecule has 0 radical (unpaired) electrons. The van der Waals surface area contributed by atoms with Gasteiger partial charge in [-0.15, -0.1) is 5.10 Å². The Morgan fingerprint density at radius 3 is 2.79 bits per heavy atom. The van der Waals surface area contributed by atoms with Gasteiger partial charge < -0.3 is 10.1 Å². The normalized spacial score (nSPS) is 10.8. The number of nitrogens with one attached hydrogen (secondary N) is 2. The van der Waals surface area contributed by atoms with Crippen molar-refractivity contribution in [1.82, 2.24) is 24.4 Å². The second kappa shape index (κ2) is 7.83. The fourth-order valence-corrected chi connectivity index (χ4v) is 2.81. The van der Waals surface area contributed by atoms with E-state index in [1.807, 2.05) is 0 Å². The quantitative estimate of drug-likeness (QED) is 0.318. The zero-order chi connectivity index (χ0) is 20.3. The van der Waals surface area contributed by atoms with E-state index in [1.54, 1.807) is 0 Å². The molecule has 146 valence electrons. The summed E-state index contributed by atoms with van der Waals surface area (Å²) in [6.45, 7) is -0.108. The minimum Gasteiger partial charge on any atom is -0.463 e. The highest BCUT2D eigenvalue weighted by Crippen LogP contribution is 2.26. The van der Waals surface area contributed by atoms with Crippen molar-refractivity contribution in [2.45, 2.75) is 6.61 Å². The number of rotatable bonds is 7. The smallest absolute Gasteiger partial charge is 0.352 e. The van der Waals surface area contributed by atoms with Crippen molar-refractivity contribution in [3.8, 4) is 0 Å². The van der Waals surface area contributed by atoms with Crippen LogP contribution in [0.25, 0.3) is 5.65 Å². The Kier molecular flexibility index (Phi) is 5.30. The van der Waals surface area contributed by atoms with E-state index in [0.717, 1.165) is 15.4 Å². The molecular weight excluding hydrogens is 394 g/mol. The first-order valence-corrected chi connectivity index (χ1v) is 8.76. The maximum Gasteiger partial charge on any atom is 0.352 e. The van der Waals surface area contributed by atoms with Gasteiger partial charge in [0.2, 0.25) is 10.9 Å². The van der Waals surface area contributed by atoms with E-state index in [4.69, 9.17) is 4.74 Å². The summed E-state index contributed by atoms with van der Waals surface area (Å²) in [5.74, 6) is -0.721. The van der Waals surface area contributed by atoms with Gasteiger partial charge >= 0.3 is 5.69 Å². The first-order valence-electron chi connectivity index (χ1n) is 7.59. The number of hydrogen-bond acceptors (Lipinski definition) is 9. The van der Waals surface area contributed by atoms with Crippen LogP contribution in [0.4, 0.5) is 11.4 Å². The van der Waals surface area contributed by atoms with E-state index in [1.165, 1.54) is 25.2 Å². The summed E-state index contributed by atoms with van der Waals surface area (Å²) >= 11 is 0. The van der Waals surface area contributed by atoms with Crippen molar-refractivity contribution >= 4 is 40.3 Å². The van der Waals surface area contributed by atoms with Gasteiger partial charge in [0.1, 0.15) is 12.9 Å². The highest BCUT2D eigenvalue weighted by Gasteiger charge is 2.19. The third-order valence-corrected chi connectivity index (χ3v) is 4.07. The highest BCUT2D eigenvalue weighted by molar-refractivity contribution is 7.73. The van der Waals surface area contributed by atoms with Crippen LogP contribution in [-0.2, 0) is 34.1 Å². The summed E-state index contributed by atoms with van der Waals surface area (Å²) in [5.41, 5.74) is -0.246. The average molecular weight is 407 g/mol. The van der Waals surface area contributed by atoms with E-state index >= 15 is 0 Å². The fourth-order valence-electron chi connectivity index (χ4n) is 2.40. The van der Waals surface area contributed by atoms with Crippen LogP contribution < -0.4 is 15.7 Å². The van der Waals surface area contributed by atoms with Gasteiger partial charge in [0.25, 0.3) is 12.4 Å². The molecule has 0 fully saturated rings. The number of aromatic nitrogens is 5. The van der Waals surface area contributed by atoms with Crippen LogP contribution in [-0.4, -0.2) is 45.2 Å². The maximum absolute atomic E-state index is 12.6. The lowest BCUT2D eigenvalue weighted by molar-refractivity contribution is -0.129. The molecule has 0 bridgehead atoms. The Morgan fingerprint density at radius 1 is 1.32 bits per heavy atom. The van der Waals surface area contributed by atoms with Crippen LogP contribution in [0.2, 0.25) is 0 Å². The number of aryl methyl sites for hydroxylation is 1. The molecule has 3 aromatic rings. The molecule has 0 saturated heterocycles. The molecule has 1 amide bonds. The minimum absolute atomic E-state index is 0.0526. The van der Waals surface area contributed by atoms with Gasteiger partial charge in [0.15, 0.2) is 11.3 Å². The second-order valence-electron chi connectivity index (χ2n) is 5.34. The number of ether oxygens (including phenoxy) is 1. The zero-order valence-corrected chi connectivity index (χ0v) is 15.1. The first-order chi connectivity index (χ1) is 13.4. The van der Waals surface area contributed by atoms with Crippen molar-refractivity contribution in [3.63, 3.8) is 0 Å². The first kappa shape index (κ1) is 19.0. The summed E-state index contributed by atoms with van der Waals surface area (Å²) in [6.07, 6.45) is 1.14. The predicted octanol–water partition coefficient (Wildman–Crippen LogP) is -1.31. The van der Waals surface area contributed by atoms with Crippen molar-refractivity contribution in [2.75, 3.05) is 10.0 Å². The van der Waals surface area contributed by atoms with E-state index in [2.05, 4.69) is 25.3 Å². The fraction of sp³-hybridized carbons (Fsp3) is 0.143. The number of fused-ring (bicyclic) bond motifs is 1. The van der Waals surface area contributed by atoms with Crippen LogP contribution in [0.1, 0.15) is 16.1 Å². The van der Waals surface area contributed by atoms with Gasteiger partial charge in [0, 0.05) is 18.3 Å². The number of hydrogen-bond donors (Lipinski definition) is 3. The average Bonchev–Trinajstić information content (AvgIpc) is 3.08. The summed E-state index contributed by atoms with van der Waals surface area (Å²) in [6, 6.07) is 4.40. The van der Waals surface area contributed by atoms with E-state index < -0.39 is 22.5 Å². The molecule has 0 aliphatic rings. The number of benzene rings is 1. The van der Waals surface area contributed by atoms with Gasteiger partial charge in [-0.1, -0.05) is 11.3 Å². The molecule has 0 spiro atoms. The molecule has 2 aromatic heterocycles. The van der Waals surface area contributed by atoms with E-state index in [9.17, 15) is 22.8 Å². The lowest BCUT2D eigenvalue weighted by atomic mass is 10.1. The molecule has 2 heterocycles. The molecular formula is C14H13N7O6S. The van der Waals surface area contributed by atoms with Crippen LogP contribution in [0, 0.1) is 0 Å². The van der Waals surface area contributed by atoms with Crippen molar-refractivity contribution in [3.05, 3.63) is 46.3 Å². The highest BCUT2D eigenvalue weighted by atomic mass is 32.2. The molecule has 1 aromatic carbocycles. The van der Waals surface area contributed by atoms with Crippen LogP contribution in [0.5, 0.6) is 0 Å². The van der Waals surface area contributed by atoms with Crippen LogP contribution >= 0.6 is 0 Å². The summed E-state index contributed by atoms with van der Waals surface area (Å²) < 4.78 is 30.9. The van der Waals surface area contributed by atoms with Crippen LogP contribution in [0.15, 0.2) is 29.3 Å². The van der Waals surface area contributed by atoms with Gasteiger partial charge in [0.05, 0.1) is 5.69 Å². The van der Waals surface area contributed by atoms with Crippen molar-refractivity contribution in [1.29, 1.82) is 0 Å². The maximum atomic E-state index is 12.6. The largest absolute Gasteiger partial charge is 0.463 e. The number of amides is 1. The number of carbonyl (C=O) groups is 2. The number of anilines is 2. The Bertz CT molecular complexity index is 1190. The molecule has 0 atom stereocenters. The SMILES string of the molecule is Cn1nnc2c(C(=O)Nc3cccc(N[SH](=O)=O)c3COC=O)ncn2c1=O. The molecule has 0 saturated carbocycles. The minimum atomic E-state index is -2.98. The van der Waals surface area contributed by atoms with Gasteiger partial charge in [-0.3, -0.25) is 14.3 Å². The van der Waals surface area contributed by atoms with E-state index in [-0.39, 0.29) is 41.4 Å². The number of imidazole rings is 1. The Morgan fingerprint density at radius 2 is 2.07 bits per heavy atom. The van der Waals surface area contributed by atoms with Gasteiger partial charge in [-0.05, 0) is 12.1 Å². The van der Waals surface area contributed by atoms with Crippen molar-refractivity contribution < 1.29 is 22.7 Å². The van der Waals surface area contributed by atoms with Crippen LogP contribution in [0.3, 0.4) is 0 Å². The molecule has 28 heavy (non-hydrogen) atoms. The summed E-state index contributed by atoms with van der Waals surface area (Å²) in [4.78, 5) is 39.0. The third-order valence-electron chi connectivity index (χ3n) is 3.65. The number of thiol groups is 1. The molecule has 13 nitrogen and oxygen atoms in total. The topological polar surface area (TPSA) is 167 Å². The van der Waals surface area contributed by atoms with E-state index in [0.29, 0.717) is 0 Å². The van der Waals surface area contributed by atoms with Crippen molar-refractivity contribution in [2.24, 2.45) is 7.05 Å². The standard InChI is InChI=1S/C14H13N7O6S/c1-20-14(24)21-6-15-11(12(21)17-19-20)13(23)16-9-3-2-4-10(18-28(25)26)8(9)5-27-7-22/h2-4,6-7,28H,5H2,1H3,(H,16,23)(H,18,25,26). The number of nitrogens with zero attached hydrogens (tertiary/aromatic N) is 5. The molecule has 3 rings (SSSR count). The number of carbonyl (C=O) groups excluding carboxylic acids is 2. The Balaban J connectivity index is 1.99. The molecule has 0 aliphatic heterocycles. The van der Waals surface area contributed by atoms with Gasteiger partial charge in [-0.25, -0.2) is 22.6 Å². The lowest BCUT2D eigenvalue weighted by Gasteiger charge is -2.13. The monoisotopic (exact) mass is 407 g/mol. The zero-order valence-electron chi connectivity index (χ0n) is 14.2. The Hall–Kier alpha value is -3.81. The molecule has 0 unspecified atom stereocenters. The molecule has 2 N–H and O–H groups in total. The molecule has 14 heteroatoms. The third kappa shape index (κ3) is 3.66. The Labute approximate surface area is 158 Å².